The van der Waals surface area contributed by atoms with E-state index in [-0.39, 0.29) is 11.6 Å². The first-order chi connectivity index (χ1) is 6.27. The SMILES string of the molecule is CC(=O)c1ncc2ccccc2n1. The molecule has 0 amide bonds. The zero-order valence-electron chi connectivity index (χ0n) is 7.19. The number of rotatable bonds is 1. The Bertz CT molecular complexity index is 465. The molecule has 0 unspecified atom stereocenters. The van der Waals surface area contributed by atoms with Crippen LogP contribution >= 0.6 is 0 Å². The number of nitrogens with zero attached hydrogens (tertiary/aromatic N) is 2. The summed E-state index contributed by atoms with van der Waals surface area (Å²) < 4.78 is 0. The molecule has 1 aromatic heterocycles. The average molecular weight is 172 g/mol. The van der Waals surface area contributed by atoms with E-state index in [0.29, 0.717) is 0 Å². The zero-order valence-corrected chi connectivity index (χ0v) is 7.19. The second-order valence-corrected chi connectivity index (χ2v) is 2.81. The maximum atomic E-state index is 11.0. The van der Waals surface area contributed by atoms with Crippen molar-refractivity contribution in [3.63, 3.8) is 0 Å². The van der Waals surface area contributed by atoms with E-state index >= 15 is 0 Å². The number of para-hydroxylation sites is 1. The van der Waals surface area contributed by atoms with E-state index in [1.165, 1.54) is 6.92 Å². The summed E-state index contributed by atoms with van der Waals surface area (Å²) >= 11 is 0. The van der Waals surface area contributed by atoms with Crippen LogP contribution in [0, 0.1) is 0 Å². The lowest BCUT2D eigenvalue weighted by Crippen LogP contribution is -2.00. The Morgan fingerprint density at radius 2 is 2.08 bits per heavy atom. The standard InChI is InChI=1S/C10H8N2O/c1-7(13)10-11-6-8-4-2-3-5-9(8)12-10/h2-6H,1H3. The van der Waals surface area contributed by atoms with Crippen molar-refractivity contribution in [1.29, 1.82) is 0 Å². The van der Waals surface area contributed by atoms with Gasteiger partial charge in [-0.15, -0.1) is 0 Å². The fourth-order valence-electron chi connectivity index (χ4n) is 1.14. The summed E-state index contributed by atoms with van der Waals surface area (Å²) in [5.41, 5.74) is 0.808. The fraction of sp³-hybridized carbons (Fsp3) is 0.100. The maximum absolute atomic E-state index is 11.0. The lowest BCUT2D eigenvalue weighted by Gasteiger charge is -1.97. The first kappa shape index (κ1) is 7.86. The number of fused-ring (bicyclic) bond motifs is 1. The van der Waals surface area contributed by atoms with E-state index in [1.807, 2.05) is 24.3 Å². The van der Waals surface area contributed by atoms with Gasteiger partial charge in [-0.1, -0.05) is 18.2 Å². The normalized spacial score (nSPS) is 10.2. The fourth-order valence-corrected chi connectivity index (χ4v) is 1.14. The molecule has 0 atom stereocenters. The van der Waals surface area contributed by atoms with Crippen LogP contribution < -0.4 is 0 Å². The van der Waals surface area contributed by atoms with Crippen LogP contribution in [-0.2, 0) is 0 Å². The minimum atomic E-state index is -0.106. The highest BCUT2D eigenvalue weighted by Crippen LogP contribution is 2.09. The Labute approximate surface area is 75.4 Å². The number of Topliss-reactive ketones (excluding diaryl/α,β-unsaturated/α-hetero) is 1. The summed E-state index contributed by atoms with van der Waals surface area (Å²) in [5, 5.41) is 0.951. The van der Waals surface area contributed by atoms with Gasteiger partial charge in [0.25, 0.3) is 0 Å². The third kappa shape index (κ3) is 1.40. The van der Waals surface area contributed by atoms with Gasteiger partial charge in [0, 0.05) is 18.5 Å². The highest BCUT2D eigenvalue weighted by molar-refractivity contribution is 5.92. The van der Waals surface area contributed by atoms with Crippen LogP contribution in [0.2, 0.25) is 0 Å². The van der Waals surface area contributed by atoms with Gasteiger partial charge in [-0.05, 0) is 6.07 Å². The second kappa shape index (κ2) is 2.94. The summed E-state index contributed by atoms with van der Waals surface area (Å²) in [7, 11) is 0. The maximum Gasteiger partial charge on any atom is 0.196 e. The van der Waals surface area contributed by atoms with E-state index in [4.69, 9.17) is 0 Å². The van der Waals surface area contributed by atoms with Crippen molar-refractivity contribution in [2.45, 2.75) is 6.92 Å². The number of carbonyl (C=O) groups excluding carboxylic acids is 1. The number of benzene rings is 1. The minimum absolute atomic E-state index is 0.106. The van der Waals surface area contributed by atoms with E-state index < -0.39 is 0 Å². The van der Waals surface area contributed by atoms with Gasteiger partial charge in [-0.3, -0.25) is 4.79 Å². The number of ketones is 1. The van der Waals surface area contributed by atoms with Crippen LogP contribution in [0.4, 0.5) is 0 Å². The van der Waals surface area contributed by atoms with Crippen molar-refractivity contribution in [3.05, 3.63) is 36.3 Å². The van der Waals surface area contributed by atoms with Crippen molar-refractivity contribution >= 4 is 16.7 Å². The van der Waals surface area contributed by atoms with Crippen molar-refractivity contribution in [3.8, 4) is 0 Å². The van der Waals surface area contributed by atoms with Gasteiger partial charge in [0.1, 0.15) is 0 Å². The molecule has 2 aromatic rings. The van der Waals surface area contributed by atoms with Crippen LogP contribution in [0.5, 0.6) is 0 Å². The number of hydrogen-bond donors (Lipinski definition) is 0. The van der Waals surface area contributed by atoms with Crippen LogP contribution in [0.3, 0.4) is 0 Å². The molecule has 13 heavy (non-hydrogen) atoms. The molecule has 2 rings (SSSR count). The van der Waals surface area contributed by atoms with Gasteiger partial charge in [-0.2, -0.15) is 0 Å². The molecule has 0 fully saturated rings. The zero-order chi connectivity index (χ0) is 9.26. The van der Waals surface area contributed by atoms with E-state index in [0.717, 1.165) is 10.9 Å². The Morgan fingerprint density at radius 1 is 1.31 bits per heavy atom. The van der Waals surface area contributed by atoms with E-state index in [1.54, 1.807) is 6.20 Å². The van der Waals surface area contributed by atoms with Crippen LogP contribution in [-0.4, -0.2) is 15.8 Å². The predicted octanol–water partition coefficient (Wildman–Crippen LogP) is 1.83. The highest BCUT2D eigenvalue weighted by atomic mass is 16.1. The first-order valence-electron chi connectivity index (χ1n) is 4.00. The summed E-state index contributed by atoms with van der Waals surface area (Å²) in [6.45, 7) is 1.46. The molecule has 1 aromatic carbocycles. The second-order valence-electron chi connectivity index (χ2n) is 2.81. The van der Waals surface area contributed by atoms with Crippen molar-refractivity contribution in [1.82, 2.24) is 9.97 Å². The van der Waals surface area contributed by atoms with E-state index in [9.17, 15) is 4.79 Å². The molecule has 3 heteroatoms. The summed E-state index contributed by atoms with van der Waals surface area (Å²) in [4.78, 5) is 19.0. The smallest absolute Gasteiger partial charge is 0.196 e. The lowest BCUT2D eigenvalue weighted by atomic mass is 10.2. The summed E-state index contributed by atoms with van der Waals surface area (Å²) in [6, 6.07) is 7.58. The Hall–Kier alpha value is -1.77. The molecule has 0 radical (unpaired) electrons. The Morgan fingerprint density at radius 3 is 2.85 bits per heavy atom. The third-order valence-corrected chi connectivity index (χ3v) is 1.80. The number of aromatic nitrogens is 2. The van der Waals surface area contributed by atoms with E-state index in [2.05, 4.69) is 9.97 Å². The van der Waals surface area contributed by atoms with Crippen LogP contribution in [0.25, 0.3) is 10.9 Å². The molecule has 0 aliphatic rings. The van der Waals surface area contributed by atoms with Crippen molar-refractivity contribution in [2.24, 2.45) is 0 Å². The quantitative estimate of drug-likeness (QED) is 0.616. The number of carbonyl (C=O) groups is 1. The summed E-state index contributed by atoms with van der Waals surface area (Å²) in [6.07, 6.45) is 1.67. The lowest BCUT2D eigenvalue weighted by molar-refractivity contribution is 0.100. The average Bonchev–Trinajstić information content (AvgIpc) is 2.17. The monoisotopic (exact) mass is 172 g/mol. The van der Waals surface area contributed by atoms with Gasteiger partial charge in [0.2, 0.25) is 0 Å². The van der Waals surface area contributed by atoms with Crippen molar-refractivity contribution < 1.29 is 4.79 Å². The van der Waals surface area contributed by atoms with Crippen molar-refractivity contribution in [2.75, 3.05) is 0 Å². The molecule has 0 saturated carbocycles. The van der Waals surface area contributed by atoms with Crippen LogP contribution in [0.15, 0.2) is 30.5 Å². The molecule has 0 saturated heterocycles. The Balaban J connectivity index is 2.69. The Kier molecular flexibility index (Phi) is 1.77. The van der Waals surface area contributed by atoms with Crippen LogP contribution in [0.1, 0.15) is 17.5 Å². The molecule has 0 bridgehead atoms. The largest absolute Gasteiger partial charge is 0.291 e. The minimum Gasteiger partial charge on any atom is -0.291 e. The molecular weight excluding hydrogens is 164 g/mol. The molecule has 0 aliphatic carbocycles. The molecular formula is C10H8N2O. The topological polar surface area (TPSA) is 42.9 Å². The van der Waals surface area contributed by atoms with Gasteiger partial charge >= 0.3 is 0 Å². The molecule has 0 N–H and O–H groups in total. The van der Waals surface area contributed by atoms with Gasteiger partial charge < -0.3 is 0 Å². The first-order valence-corrected chi connectivity index (χ1v) is 4.00. The molecule has 0 spiro atoms. The number of hydrogen-bond acceptors (Lipinski definition) is 3. The van der Waals surface area contributed by atoms with Gasteiger partial charge in [0.15, 0.2) is 11.6 Å². The summed E-state index contributed by atoms with van der Waals surface area (Å²) in [5.74, 6) is 0.171. The predicted molar refractivity (Wildman–Crippen MR) is 49.5 cm³/mol. The van der Waals surface area contributed by atoms with Gasteiger partial charge in [0.05, 0.1) is 5.52 Å². The molecule has 0 aliphatic heterocycles. The molecule has 1 heterocycles. The highest BCUT2D eigenvalue weighted by Gasteiger charge is 2.02. The van der Waals surface area contributed by atoms with Gasteiger partial charge in [-0.25, -0.2) is 9.97 Å². The molecule has 3 nitrogen and oxygen atoms in total. The molecule has 64 valence electrons. The third-order valence-electron chi connectivity index (χ3n) is 1.80.